The maximum atomic E-state index is 8.40. The van der Waals surface area contributed by atoms with Gasteiger partial charge in [-0.2, -0.15) is 5.26 Å². The molecule has 0 amide bonds. The van der Waals surface area contributed by atoms with Gasteiger partial charge in [0.2, 0.25) is 0 Å². The van der Waals surface area contributed by atoms with E-state index in [-0.39, 0.29) is 0 Å². The fourth-order valence-corrected chi connectivity index (χ4v) is 0.535. The van der Waals surface area contributed by atoms with Gasteiger partial charge in [-0.3, -0.25) is 0 Å². The minimum absolute atomic E-state index is 0.352. The zero-order valence-electron chi connectivity index (χ0n) is 6.96. The number of allylic oxidation sites excluding steroid dienone is 2. The lowest BCUT2D eigenvalue weighted by molar-refractivity contribution is 0.0872. The fourth-order valence-electron chi connectivity index (χ4n) is 0.535. The maximum Gasteiger partial charge on any atom is 0.192 e. The molecule has 0 fully saturated rings. The number of nitriles is 1. The number of nitrogens with zero attached hydrogens (tertiary/aromatic N) is 1. The molecule has 0 saturated carbocycles. The Morgan fingerprint density at radius 3 is 2.73 bits per heavy atom. The third-order valence-electron chi connectivity index (χ3n) is 1.06. The summed E-state index contributed by atoms with van der Waals surface area (Å²) in [5.74, 6) is 0.352. The van der Waals surface area contributed by atoms with Gasteiger partial charge >= 0.3 is 0 Å². The van der Waals surface area contributed by atoms with E-state index in [0.717, 1.165) is 0 Å². The zero-order chi connectivity index (χ0) is 8.53. The van der Waals surface area contributed by atoms with Crippen molar-refractivity contribution in [3.8, 4) is 6.07 Å². The van der Waals surface area contributed by atoms with Crippen LogP contribution in [-0.4, -0.2) is 19.8 Å². The van der Waals surface area contributed by atoms with E-state index in [1.54, 1.807) is 13.0 Å². The highest BCUT2D eigenvalue weighted by atomic mass is 16.5. The van der Waals surface area contributed by atoms with Crippen LogP contribution >= 0.6 is 0 Å². The largest absolute Gasteiger partial charge is 0.481 e. The van der Waals surface area contributed by atoms with Gasteiger partial charge in [0.15, 0.2) is 5.76 Å². The van der Waals surface area contributed by atoms with Crippen molar-refractivity contribution in [2.45, 2.75) is 13.8 Å². The topological polar surface area (TPSA) is 42.2 Å². The molecule has 0 aliphatic carbocycles. The molecule has 62 valence electrons. The predicted octanol–water partition coefficient (Wildman–Crippen LogP) is 1.47. The molecular formula is C8H13NO2. The fraction of sp³-hybridized carbons (Fsp3) is 0.625. The van der Waals surface area contributed by atoms with Gasteiger partial charge in [0.25, 0.3) is 0 Å². The third-order valence-corrected chi connectivity index (χ3v) is 1.06. The van der Waals surface area contributed by atoms with Gasteiger partial charge in [-0.1, -0.05) is 0 Å². The van der Waals surface area contributed by atoms with Crippen LogP contribution in [0.2, 0.25) is 0 Å². The van der Waals surface area contributed by atoms with Gasteiger partial charge in [-0.25, -0.2) is 0 Å². The van der Waals surface area contributed by atoms with Crippen LogP contribution in [0, 0.1) is 11.3 Å². The van der Waals surface area contributed by atoms with Crippen LogP contribution < -0.4 is 0 Å². The Morgan fingerprint density at radius 1 is 1.55 bits per heavy atom. The Bertz CT molecular complexity index is 158. The average molecular weight is 155 g/mol. The lowest BCUT2D eigenvalue weighted by atomic mass is 10.5. The minimum atomic E-state index is 0.352. The molecule has 0 radical (unpaired) electrons. The normalized spacial score (nSPS) is 10.8. The van der Waals surface area contributed by atoms with E-state index in [0.29, 0.717) is 25.6 Å². The van der Waals surface area contributed by atoms with Crippen molar-refractivity contribution in [2.24, 2.45) is 0 Å². The second kappa shape index (κ2) is 7.10. The summed E-state index contributed by atoms with van der Waals surface area (Å²) in [6.45, 7) is 5.35. The zero-order valence-corrected chi connectivity index (χ0v) is 6.96. The summed E-state index contributed by atoms with van der Waals surface area (Å²) in [4.78, 5) is 0. The lowest BCUT2D eigenvalue weighted by Crippen LogP contribution is -2.02. The predicted molar refractivity (Wildman–Crippen MR) is 41.8 cm³/mol. The molecule has 0 bridgehead atoms. The van der Waals surface area contributed by atoms with Gasteiger partial charge < -0.3 is 9.47 Å². The molecule has 0 atom stereocenters. The average Bonchev–Trinajstić information content (AvgIpc) is 2.05. The van der Waals surface area contributed by atoms with Crippen LogP contribution in [0.1, 0.15) is 13.8 Å². The number of ether oxygens (including phenoxy) is 2. The van der Waals surface area contributed by atoms with Crippen LogP contribution in [-0.2, 0) is 9.47 Å². The molecule has 0 aromatic carbocycles. The summed E-state index contributed by atoms with van der Waals surface area (Å²) in [6, 6.07) is 1.91. The molecular weight excluding hydrogens is 142 g/mol. The van der Waals surface area contributed by atoms with Crippen molar-refractivity contribution < 1.29 is 9.47 Å². The van der Waals surface area contributed by atoms with E-state index in [9.17, 15) is 0 Å². The van der Waals surface area contributed by atoms with E-state index in [2.05, 4.69) is 0 Å². The SMILES string of the molecule is CC=C(C#N)OCCOCC. The van der Waals surface area contributed by atoms with Gasteiger partial charge in [-0.15, -0.1) is 0 Å². The first-order valence-electron chi connectivity index (χ1n) is 3.62. The van der Waals surface area contributed by atoms with E-state index < -0.39 is 0 Å². The molecule has 3 heteroatoms. The number of hydrogen-bond donors (Lipinski definition) is 0. The molecule has 0 heterocycles. The van der Waals surface area contributed by atoms with Crippen LogP contribution in [0.3, 0.4) is 0 Å². The lowest BCUT2D eigenvalue weighted by Gasteiger charge is -2.02. The second-order valence-electron chi connectivity index (χ2n) is 1.81. The first kappa shape index (κ1) is 9.99. The molecule has 0 saturated heterocycles. The smallest absolute Gasteiger partial charge is 0.192 e. The minimum Gasteiger partial charge on any atom is -0.481 e. The van der Waals surface area contributed by atoms with Crippen molar-refractivity contribution in [3.63, 3.8) is 0 Å². The van der Waals surface area contributed by atoms with Gasteiger partial charge in [0.1, 0.15) is 12.7 Å². The van der Waals surface area contributed by atoms with E-state index in [1.165, 1.54) is 0 Å². The molecule has 0 aliphatic rings. The summed E-state index contributed by atoms with van der Waals surface area (Å²) in [7, 11) is 0. The number of hydrogen-bond acceptors (Lipinski definition) is 3. The summed E-state index contributed by atoms with van der Waals surface area (Å²) in [5.41, 5.74) is 0. The van der Waals surface area contributed by atoms with Gasteiger partial charge in [0.05, 0.1) is 6.61 Å². The molecule has 3 nitrogen and oxygen atoms in total. The summed E-state index contributed by atoms with van der Waals surface area (Å²) >= 11 is 0. The molecule has 0 aliphatic heterocycles. The first-order chi connectivity index (χ1) is 5.35. The van der Waals surface area contributed by atoms with Crippen LogP contribution in [0.25, 0.3) is 0 Å². The Hall–Kier alpha value is -1.01. The molecule has 0 rings (SSSR count). The molecule has 11 heavy (non-hydrogen) atoms. The van der Waals surface area contributed by atoms with E-state index in [4.69, 9.17) is 14.7 Å². The quantitative estimate of drug-likeness (QED) is 0.343. The van der Waals surface area contributed by atoms with Gasteiger partial charge in [-0.05, 0) is 19.9 Å². The van der Waals surface area contributed by atoms with Gasteiger partial charge in [0, 0.05) is 6.61 Å². The van der Waals surface area contributed by atoms with Crippen LogP contribution in [0.5, 0.6) is 0 Å². The molecule has 0 N–H and O–H groups in total. The van der Waals surface area contributed by atoms with Crippen molar-refractivity contribution in [3.05, 3.63) is 11.8 Å². The standard InChI is InChI=1S/C8H13NO2/c1-3-8(7-9)11-6-5-10-4-2/h3H,4-6H2,1-2H3. The second-order valence-corrected chi connectivity index (χ2v) is 1.81. The Kier molecular flexibility index (Phi) is 6.45. The molecule has 0 aromatic rings. The monoisotopic (exact) mass is 155 g/mol. The highest BCUT2D eigenvalue weighted by Crippen LogP contribution is 1.93. The summed E-state index contributed by atoms with van der Waals surface area (Å²) in [6.07, 6.45) is 1.63. The Labute approximate surface area is 67.2 Å². The van der Waals surface area contributed by atoms with E-state index in [1.807, 2.05) is 13.0 Å². The first-order valence-corrected chi connectivity index (χ1v) is 3.62. The highest BCUT2D eigenvalue weighted by molar-refractivity contribution is 5.11. The summed E-state index contributed by atoms with van der Waals surface area (Å²) < 4.78 is 10.0. The maximum absolute atomic E-state index is 8.40. The molecule has 0 spiro atoms. The van der Waals surface area contributed by atoms with Crippen molar-refractivity contribution in [1.82, 2.24) is 0 Å². The van der Waals surface area contributed by atoms with E-state index >= 15 is 0 Å². The van der Waals surface area contributed by atoms with Crippen molar-refractivity contribution in [1.29, 1.82) is 5.26 Å². The Morgan fingerprint density at radius 2 is 2.27 bits per heavy atom. The van der Waals surface area contributed by atoms with Crippen LogP contribution in [0.4, 0.5) is 0 Å². The third kappa shape index (κ3) is 5.43. The Balaban J connectivity index is 3.32. The highest BCUT2D eigenvalue weighted by Gasteiger charge is 1.91. The summed E-state index contributed by atoms with van der Waals surface area (Å²) in [5, 5.41) is 8.40. The number of rotatable bonds is 5. The molecule has 0 aromatic heterocycles. The van der Waals surface area contributed by atoms with Crippen molar-refractivity contribution >= 4 is 0 Å². The van der Waals surface area contributed by atoms with Crippen LogP contribution in [0.15, 0.2) is 11.8 Å². The molecule has 0 unspecified atom stereocenters. The van der Waals surface area contributed by atoms with Crippen molar-refractivity contribution in [2.75, 3.05) is 19.8 Å².